The highest BCUT2D eigenvalue weighted by Gasteiger charge is 2.37. The van der Waals surface area contributed by atoms with Crippen molar-refractivity contribution in [2.45, 2.75) is 20.0 Å². The number of halogens is 4. The topological polar surface area (TPSA) is 118 Å². The summed E-state index contributed by atoms with van der Waals surface area (Å²) < 4.78 is 39.3. The van der Waals surface area contributed by atoms with Crippen LogP contribution in [0.1, 0.15) is 27.2 Å². The van der Waals surface area contributed by atoms with E-state index < -0.39 is 33.3 Å². The maximum Gasteiger partial charge on any atom is 0.418 e. The molecule has 1 aliphatic heterocycles. The number of rotatable bonds is 4. The molecule has 13 heteroatoms. The van der Waals surface area contributed by atoms with Crippen molar-refractivity contribution in [1.29, 1.82) is 0 Å². The van der Waals surface area contributed by atoms with Gasteiger partial charge < -0.3 is 15.5 Å². The van der Waals surface area contributed by atoms with Crippen LogP contribution in [0.4, 0.5) is 30.4 Å². The van der Waals surface area contributed by atoms with E-state index in [4.69, 9.17) is 17.3 Å². The zero-order valence-corrected chi connectivity index (χ0v) is 17.3. The number of aryl methyl sites for hydroxylation is 1. The van der Waals surface area contributed by atoms with Gasteiger partial charge in [0.15, 0.2) is 5.82 Å². The predicted molar refractivity (Wildman–Crippen MR) is 108 cm³/mol. The number of amides is 1. The van der Waals surface area contributed by atoms with Crippen LogP contribution in [0.2, 0.25) is 5.02 Å². The molecular formula is C18H18ClF3N6O3. The second-order valence-electron chi connectivity index (χ2n) is 7.02. The van der Waals surface area contributed by atoms with E-state index in [2.05, 4.69) is 10.2 Å². The number of hydrogen-bond donors (Lipinski definition) is 1. The first kappa shape index (κ1) is 22.5. The van der Waals surface area contributed by atoms with Gasteiger partial charge in [-0.3, -0.25) is 14.9 Å². The van der Waals surface area contributed by atoms with Crippen molar-refractivity contribution in [3.8, 4) is 0 Å². The predicted octanol–water partition coefficient (Wildman–Crippen LogP) is 3.10. The molecule has 1 aliphatic rings. The Morgan fingerprint density at radius 1 is 1.16 bits per heavy atom. The van der Waals surface area contributed by atoms with E-state index in [1.165, 1.54) is 0 Å². The summed E-state index contributed by atoms with van der Waals surface area (Å²) in [6.45, 7) is 4.41. The lowest BCUT2D eigenvalue weighted by molar-refractivity contribution is -0.384. The van der Waals surface area contributed by atoms with Crippen molar-refractivity contribution in [2.24, 2.45) is 5.73 Å². The number of alkyl halides is 3. The molecule has 0 atom stereocenters. The molecule has 1 aromatic carbocycles. The fraction of sp³-hybridized carbons (Fsp3) is 0.389. The van der Waals surface area contributed by atoms with Crippen LogP contribution < -0.4 is 15.5 Å². The number of nitrogens with two attached hydrogens (primary N) is 1. The van der Waals surface area contributed by atoms with Crippen molar-refractivity contribution in [2.75, 3.05) is 36.0 Å². The highest BCUT2D eigenvalue weighted by Crippen LogP contribution is 2.41. The minimum absolute atomic E-state index is 0.0102. The van der Waals surface area contributed by atoms with E-state index in [-0.39, 0.29) is 37.4 Å². The lowest BCUT2D eigenvalue weighted by Gasteiger charge is -2.37. The van der Waals surface area contributed by atoms with Crippen LogP contribution in [0, 0.1) is 24.0 Å². The number of hydrogen-bond acceptors (Lipinski definition) is 7. The van der Waals surface area contributed by atoms with E-state index in [0.717, 1.165) is 6.07 Å². The van der Waals surface area contributed by atoms with Crippen molar-refractivity contribution in [3.05, 3.63) is 49.7 Å². The Labute approximate surface area is 179 Å². The summed E-state index contributed by atoms with van der Waals surface area (Å²) in [5.41, 5.74) is 4.95. The summed E-state index contributed by atoms with van der Waals surface area (Å²) in [6.07, 6.45) is -4.81. The zero-order chi connectivity index (χ0) is 23.1. The number of carbonyl (C=O) groups is 1. The Morgan fingerprint density at radius 2 is 1.74 bits per heavy atom. The van der Waals surface area contributed by atoms with Gasteiger partial charge in [0.2, 0.25) is 0 Å². The number of nitro groups is 1. The first-order valence-corrected chi connectivity index (χ1v) is 9.48. The van der Waals surface area contributed by atoms with E-state index >= 15 is 0 Å². The molecule has 0 aliphatic carbocycles. The van der Waals surface area contributed by atoms with Gasteiger partial charge in [-0.15, -0.1) is 5.10 Å². The van der Waals surface area contributed by atoms with E-state index in [9.17, 15) is 28.1 Å². The molecular weight excluding hydrogens is 441 g/mol. The third kappa shape index (κ3) is 4.33. The minimum Gasteiger partial charge on any atom is -0.365 e. The number of anilines is 2. The largest absolute Gasteiger partial charge is 0.418 e. The van der Waals surface area contributed by atoms with Crippen molar-refractivity contribution >= 4 is 34.7 Å². The Kier molecular flexibility index (Phi) is 5.94. The highest BCUT2D eigenvalue weighted by molar-refractivity contribution is 6.31. The van der Waals surface area contributed by atoms with Gasteiger partial charge in [-0.1, -0.05) is 11.6 Å². The van der Waals surface area contributed by atoms with Gasteiger partial charge in [0.1, 0.15) is 5.69 Å². The van der Waals surface area contributed by atoms with Crippen LogP contribution in [0.15, 0.2) is 12.1 Å². The normalized spacial score (nSPS) is 14.6. The number of benzene rings is 1. The molecule has 166 valence electrons. The lowest BCUT2D eigenvalue weighted by atomic mass is 10.1. The molecule has 2 heterocycles. The summed E-state index contributed by atoms with van der Waals surface area (Å²) in [5.74, 6) is -0.353. The number of nitro benzene ring substituents is 1. The van der Waals surface area contributed by atoms with Crippen LogP contribution in [-0.2, 0) is 6.18 Å². The molecule has 0 saturated carbocycles. The Balaban J connectivity index is 1.90. The Hall–Kier alpha value is -3.15. The molecule has 9 nitrogen and oxygen atoms in total. The van der Waals surface area contributed by atoms with Crippen LogP contribution in [0.5, 0.6) is 0 Å². The Morgan fingerprint density at radius 3 is 2.26 bits per heavy atom. The first-order chi connectivity index (χ1) is 14.4. The van der Waals surface area contributed by atoms with E-state index in [0.29, 0.717) is 23.1 Å². The quantitative estimate of drug-likeness (QED) is 0.552. The molecule has 3 rings (SSSR count). The summed E-state index contributed by atoms with van der Waals surface area (Å²) >= 11 is 5.77. The number of piperazine rings is 1. The standard InChI is InChI=1S/C18H18ClF3N6O3/c1-9-10(2)24-25-17(15(9)16(23)29)27-5-3-26(4-6-27)13-8-12(19)11(18(20,21)22)7-14(13)28(30)31/h7-8H,3-6H2,1-2H3,(H2,23,29). The van der Waals surface area contributed by atoms with E-state index in [1.807, 2.05) is 0 Å². The highest BCUT2D eigenvalue weighted by atomic mass is 35.5. The molecule has 1 fully saturated rings. The number of aromatic nitrogens is 2. The van der Waals surface area contributed by atoms with Gasteiger partial charge >= 0.3 is 6.18 Å². The number of primary amides is 1. The second kappa shape index (κ2) is 8.17. The minimum atomic E-state index is -4.81. The molecule has 0 bridgehead atoms. The number of carbonyl (C=O) groups excluding carboxylic acids is 1. The van der Waals surface area contributed by atoms with Crippen LogP contribution in [0.3, 0.4) is 0 Å². The molecule has 1 saturated heterocycles. The first-order valence-electron chi connectivity index (χ1n) is 9.10. The third-order valence-corrected chi connectivity index (χ3v) is 5.48. The third-order valence-electron chi connectivity index (χ3n) is 5.17. The summed E-state index contributed by atoms with van der Waals surface area (Å²) in [6, 6.07) is 1.41. The van der Waals surface area contributed by atoms with Gasteiger partial charge in [0, 0.05) is 32.2 Å². The van der Waals surface area contributed by atoms with Crippen molar-refractivity contribution in [3.63, 3.8) is 0 Å². The van der Waals surface area contributed by atoms with E-state index in [1.54, 1.807) is 23.6 Å². The molecule has 1 aromatic heterocycles. The lowest BCUT2D eigenvalue weighted by Crippen LogP contribution is -2.47. The fourth-order valence-electron chi connectivity index (χ4n) is 3.44. The molecule has 0 radical (unpaired) electrons. The summed E-state index contributed by atoms with van der Waals surface area (Å²) in [4.78, 5) is 25.8. The maximum atomic E-state index is 13.1. The fourth-order valence-corrected chi connectivity index (χ4v) is 3.70. The summed E-state index contributed by atoms with van der Waals surface area (Å²) in [7, 11) is 0. The Bertz CT molecular complexity index is 1050. The van der Waals surface area contributed by atoms with Crippen LogP contribution in [0.25, 0.3) is 0 Å². The van der Waals surface area contributed by atoms with Crippen LogP contribution >= 0.6 is 11.6 Å². The molecule has 31 heavy (non-hydrogen) atoms. The second-order valence-corrected chi connectivity index (χ2v) is 7.43. The van der Waals surface area contributed by atoms with Gasteiger partial charge in [0.05, 0.1) is 26.8 Å². The van der Waals surface area contributed by atoms with Gasteiger partial charge in [-0.05, 0) is 25.5 Å². The average molecular weight is 459 g/mol. The molecule has 1 amide bonds. The monoisotopic (exact) mass is 458 g/mol. The van der Waals surface area contributed by atoms with Crippen LogP contribution in [-0.4, -0.2) is 47.2 Å². The van der Waals surface area contributed by atoms with Gasteiger partial charge in [-0.2, -0.15) is 18.3 Å². The van der Waals surface area contributed by atoms with Gasteiger partial charge in [-0.25, -0.2) is 0 Å². The van der Waals surface area contributed by atoms with Gasteiger partial charge in [0.25, 0.3) is 11.6 Å². The smallest absolute Gasteiger partial charge is 0.365 e. The maximum absolute atomic E-state index is 13.1. The van der Waals surface area contributed by atoms with Crippen molar-refractivity contribution < 1.29 is 22.9 Å². The molecule has 2 N–H and O–H groups in total. The summed E-state index contributed by atoms with van der Waals surface area (Å²) in [5, 5.41) is 18.9. The number of nitrogens with zero attached hydrogens (tertiary/aromatic N) is 5. The molecule has 2 aromatic rings. The molecule has 0 unspecified atom stereocenters. The average Bonchev–Trinajstić information content (AvgIpc) is 2.68. The zero-order valence-electron chi connectivity index (χ0n) is 16.5. The van der Waals surface area contributed by atoms with Crippen molar-refractivity contribution in [1.82, 2.24) is 10.2 Å². The molecule has 0 spiro atoms. The SMILES string of the molecule is Cc1nnc(N2CCN(c3cc(Cl)c(C(F)(F)F)cc3[N+](=O)[O-])CC2)c(C(N)=O)c1C.